The highest BCUT2D eigenvalue weighted by Crippen LogP contribution is 2.18. The maximum absolute atomic E-state index is 11.9. The van der Waals surface area contributed by atoms with E-state index in [9.17, 15) is 9.59 Å². The second-order valence-electron chi connectivity index (χ2n) is 6.55. The van der Waals surface area contributed by atoms with E-state index in [0.29, 0.717) is 29.5 Å². The van der Waals surface area contributed by atoms with Crippen molar-refractivity contribution in [2.45, 2.75) is 40.7 Å². The number of ketones is 1. The number of hydrogen-bond donors (Lipinski definition) is 1. The minimum atomic E-state index is -0.492. The molecule has 0 spiro atoms. The van der Waals surface area contributed by atoms with Crippen molar-refractivity contribution < 1.29 is 9.59 Å². The Bertz CT molecular complexity index is 1030. The molecule has 8 heteroatoms. The Balaban J connectivity index is 2.08. The van der Waals surface area contributed by atoms with Gasteiger partial charge in [-0.25, -0.2) is 9.67 Å². The first-order valence-electron chi connectivity index (χ1n) is 8.62. The summed E-state index contributed by atoms with van der Waals surface area (Å²) in [7, 11) is 0. The number of amides is 1. The summed E-state index contributed by atoms with van der Waals surface area (Å²) in [6.07, 6.45) is -0.0400. The van der Waals surface area contributed by atoms with Crippen molar-refractivity contribution in [3.8, 4) is 5.69 Å². The van der Waals surface area contributed by atoms with E-state index in [2.05, 4.69) is 15.2 Å². The van der Waals surface area contributed by atoms with Gasteiger partial charge in [-0.3, -0.25) is 14.3 Å². The van der Waals surface area contributed by atoms with E-state index < -0.39 is 5.91 Å². The van der Waals surface area contributed by atoms with Gasteiger partial charge in [-0.1, -0.05) is 18.2 Å². The van der Waals surface area contributed by atoms with Crippen LogP contribution in [0, 0.1) is 20.8 Å². The largest absolute Gasteiger partial charge is 0.369 e. The summed E-state index contributed by atoms with van der Waals surface area (Å²) in [5, 5.41) is 8.95. The molecule has 2 heterocycles. The first-order chi connectivity index (χ1) is 12.8. The number of para-hydroxylation sites is 1. The fourth-order valence-corrected chi connectivity index (χ4v) is 3.21. The summed E-state index contributed by atoms with van der Waals surface area (Å²) < 4.78 is 3.44. The molecule has 1 amide bonds. The van der Waals surface area contributed by atoms with Crippen molar-refractivity contribution in [3.05, 3.63) is 58.4 Å². The molecule has 0 aliphatic heterocycles. The highest BCUT2D eigenvalue weighted by molar-refractivity contribution is 5.96. The summed E-state index contributed by atoms with van der Waals surface area (Å²) in [6, 6.07) is 7.77. The van der Waals surface area contributed by atoms with Crippen LogP contribution in [0.3, 0.4) is 0 Å². The molecule has 27 heavy (non-hydrogen) atoms. The predicted molar refractivity (Wildman–Crippen MR) is 99.8 cm³/mol. The van der Waals surface area contributed by atoms with Gasteiger partial charge in [0.15, 0.2) is 17.4 Å². The average Bonchev–Trinajstić information content (AvgIpc) is 3.08. The van der Waals surface area contributed by atoms with Crippen LogP contribution < -0.4 is 5.73 Å². The quantitative estimate of drug-likeness (QED) is 0.668. The zero-order chi connectivity index (χ0) is 19.7. The number of aryl methyl sites for hydroxylation is 2. The average molecular weight is 366 g/mol. The van der Waals surface area contributed by atoms with Gasteiger partial charge in [-0.2, -0.15) is 10.2 Å². The number of nitrogens with zero attached hydrogens (tertiary/aromatic N) is 5. The van der Waals surface area contributed by atoms with Crippen molar-refractivity contribution in [2.75, 3.05) is 0 Å². The lowest BCUT2D eigenvalue weighted by atomic mass is 10.1. The van der Waals surface area contributed by atoms with E-state index >= 15 is 0 Å². The predicted octanol–water partition coefficient (Wildman–Crippen LogP) is 1.67. The Morgan fingerprint density at radius 1 is 1.11 bits per heavy atom. The van der Waals surface area contributed by atoms with Gasteiger partial charge in [0.1, 0.15) is 6.54 Å². The molecule has 0 unspecified atom stereocenters. The monoisotopic (exact) mass is 366 g/mol. The topological polar surface area (TPSA) is 109 Å². The van der Waals surface area contributed by atoms with Crippen molar-refractivity contribution in [1.29, 1.82) is 0 Å². The summed E-state index contributed by atoms with van der Waals surface area (Å²) in [4.78, 5) is 27.7. The van der Waals surface area contributed by atoms with Crippen molar-refractivity contribution in [3.63, 3.8) is 0 Å². The van der Waals surface area contributed by atoms with Crippen LogP contribution in [-0.4, -0.2) is 36.2 Å². The van der Waals surface area contributed by atoms with Gasteiger partial charge in [-0.05, 0) is 39.3 Å². The Kier molecular flexibility index (Phi) is 4.89. The van der Waals surface area contributed by atoms with Gasteiger partial charge in [-0.15, -0.1) is 0 Å². The number of carbonyl (C=O) groups is 2. The van der Waals surface area contributed by atoms with E-state index in [0.717, 1.165) is 16.9 Å². The highest BCUT2D eigenvalue weighted by Gasteiger charge is 2.19. The summed E-state index contributed by atoms with van der Waals surface area (Å²) in [6.45, 7) is 7.49. The second kappa shape index (κ2) is 7.14. The number of hydrogen-bond acceptors (Lipinski definition) is 5. The van der Waals surface area contributed by atoms with Gasteiger partial charge in [0.2, 0.25) is 5.91 Å². The number of benzene rings is 1. The molecule has 0 radical (unpaired) electrons. The lowest BCUT2D eigenvalue weighted by Crippen LogP contribution is -2.14. The molecule has 0 aliphatic rings. The molecule has 0 fully saturated rings. The first kappa shape index (κ1) is 18.5. The fourth-order valence-electron chi connectivity index (χ4n) is 3.21. The third-order valence-corrected chi connectivity index (χ3v) is 4.42. The number of carbonyl (C=O) groups excluding carboxylic acids is 2. The third kappa shape index (κ3) is 3.64. The standard InChI is InChI=1S/C19H22N6O2/c1-11-7-5-6-8-15(11)25-18(21-17(23-25)9-16(20)27)10-24-13(3)19(14(4)26)12(2)22-24/h5-8H,9-10H2,1-4H3,(H2,20,27). The molecule has 0 saturated carbocycles. The van der Waals surface area contributed by atoms with Crippen LogP contribution in [0.4, 0.5) is 0 Å². The molecule has 3 rings (SSSR count). The fraction of sp³-hybridized carbons (Fsp3) is 0.316. The molecular formula is C19H22N6O2. The molecule has 2 N–H and O–H groups in total. The lowest BCUT2D eigenvalue weighted by Gasteiger charge is -2.10. The van der Waals surface area contributed by atoms with Gasteiger partial charge in [0, 0.05) is 5.69 Å². The highest BCUT2D eigenvalue weighted by atomic mass is 16.1. The number of Topliss-reactive ketones (excluding diaryl/α,β-unsaturated/α-hetero) is 1. The van der Waals surface area contributed by atoms with E-state index in [1.165, 1.54) is 6.92 Å². The number of nitrogens with two attached hydrogens (primary N) is 1. The molecule has 2 aromatic heterocycles. The second-order valence-corrected chi connectivity index (χ2v) is 6.55. The van der Waals surface area contributed by atoms with E-state index in [4.69, 9.17) is 5.73 Å². The molecule has 140 valence electrons. The molecule has 0 atom stereocenters. The van der Waals surface area contributed by atoms with Crippen LogP contribution in [0.15, 0.2) is 24.3 Å². The summed E-state index contributed by atoms with van der Waals surface area (Å²) in [5.41, 5.74) is 9.26. The minimum Gasteiger partial charge on any atom is -0.369 e. The van der Waals surface area contributed by atoms with Gasteiger partial charge < -0.3 is 5.73 Å². The SMILES string of the molecule is CC(=O)c1c(C)nn(Cc2nc(CC(N)=O)nn2-c2ccccc2C)c1C. The van der Waals surface area contributed by atoms with Crippen molar-refractivity contribution in [2.24, 2.45) is 5.73 Å². The van der Waals surface area contributed by atoms with Crippen LogP contribution in [0.25, 0.3) is 5.69 Å². The Labute approximate surface area is 157 Å². The first-order valence-corrected chi connectivity index (χ1v) is 8.62. The van der Waals surface area contributed by atoms with Crippen molar-refractivity contribution >= 4 is 11.7 Å². The molecule has 0 aliphatic carbocycles. The zero-order valence-corrected chi connectivity index (χ0v) is 15.9. The molecular weight excluding hydrogens is 344 g/mol. The van der Waals surface area contributed by atoms with Gasteiger partial charge in [0.25, 0.3) is 0 Å². The Morgan fingerprint density at radius 3 is 2.41 bits per heavy atom. The van der Waals surface area contributed by atoms with E-state index in [1.807, 2.05) is 45.0 Å². The maximum atomic E-state index is 11.9. The third-order valence-electron chi connectivity index (χ3n) is 4.42. The van der Waals surface area contributed by atoms with Gasteiger partial charge >= 0.3 is 0 Å². The normalized spacial score (nSPS) is 11.0. The summed E-state index contributed by atoms with van der Waals surface area (Å²) in [5.74, 6) is 0.454. The minimum absolute atomic E-state index is 0.0222. The van der Waals surface area contributed by atoms with E-state index in [-0.39, 0.29) is 12.2 Å². The van der Waals surface area contributed by atoms with E-state index in [1.54, 1.807) is 9.36 Å². The van der Waals surface area contributed by atoms with Crippen LogP contribution in [0.5, 0.6) is 0 Å². The molecule has 0 bridgehead atoms. The van der Waals surface area contributed by atoms with Crippen LogP contribution in [0.1, 0.15) is 45.9 Å². The maximum Gasteiger partial charge on any atom is 0.225 e. The number of aromatic nitrogens is 5. The molecule has 8 nitrogen and oxygen atoms in total. The number of primary amides is 1. The lowest BCUT2D eigenvalue weighted by molar-refractivity contribution is -0.117. The number of rotatable bonds is 6. The summed E-state index contributed by atoms with van der Waals surface area (Å²) >= 11 is 0. The smallest absolute Gasteiger partial charge is 0.225 e. The van der Waals surface area contributed by atoms with Gasteiger partial charge in [0.05, 0.1) is 23.4 Å². The van der Waals surface area contributed by atoms with Crippen molar-refractivity contribution in [1.82, 2.24) is 24.5 Å². The Morgan fingerprint density at radius 2 is 1.81 bits per heavy atom. The van der Waals surface area contributed by atoms with Crippen LogP contribution >= 0.6 is 0 Å². The molecule has 0 saturated heterocycles. The van der Waals surface area contributed by atoms with Crippen LogP contribution in [-0.2, 0) is 17.8 Å². The van der Waals surface area contributed by atoms with Crippen LogP contribution in [0.2, 0.25) is 0 Å². The molecule has 3 aromatic rings. The molecule has 1 aromatic carbocycles. The Hall–Kier alpha value is -3.29. The zero-order valence-electron chi connectivity index (χ0n) is 15.9.